The molecule has 1 aliphatic carbocycles. The third kappa shape index (κ3) is 4.67. The Morgan fingerprint density at radius 1 is 1.25 bits per heavy atom. The van der Waals surface area contributed by atoms with Crippen LogP contribution in [0.3, 0.4) is 0 Å². The smallest absolute Gasteiger partial charge is 0.238 e. The molecule has 1 aromatic carbocycles. The van der Waals surface area contributed by atoms with Gasteiger partial charge in [-0.2, -0.15) is 5.26 Å². The van der Waals surface area contributed by atoms with Crippen molar-refractivity contribution in [3.63, 3.8) is 0 Å². The molecular formula is C16H21N3O. The molecule has 0 saturated heterocycles. The molecule has 4 nitrogen and oxygen atoms in total. The van der Waals surface area contributed by atoms with E-state index in [1.165, 1.54) is 25.7 Å². The Morgan fingerprint density at radius 3 is 2.70 bits per heavy atom. The summed E-state index contributed by atoms with van der Waals surface area (Å²) in [7, 11) is 0. The lowest BCUT2D eigenvalue weighted by atomic mass is 10.1. The lowest BCUT2D eigenvalue weighted by molar-refractivity contribution is -0.115. The Labute approximate surface area is 120 Å². The van der Waals surface area contributed by atoms with Gasteiger partial charge < -0.3 is 10.6 Å². The monoisotopic (exact) mass is 271 g/mol. The van der Waals surface area contributed by atoms with Crippen molar-refractivity contribution in [2.24, 2.45) is 0 Å². The van der Waals surface area contributed by atoms with Gasteiger partial charge in [-0.25, -0.2) is 0 Å². The van der Waals surface area contributed by atoms with E-state index in [0.717, 1.165) is 12.8 Å². The van der Waals surface area contributed by atoms with Crippen molar-refractivity contribution in [2.45, 2.75) is 44.6 Å². The van der Waals surface area contributed by atoms with Gasteiger partial charge in [0.2, 0.25) is 5.91 Å². The van der Waals surface area contributed by atoms with Crippen LogP contribution in [0.5, 0.6) is 0 Å². The van der Waals surface area contributed by atoms with Gasteiger partial charge in [-0.3, -0.25) is 4.79 Å². The molecule has 2 N–H and O–H groups in total. The first-order valence-electron chi connectivity index (χ1n) is 7.31. The summed E-state index contributed by atoms with van der Waals surface area (Å²) in [6.45, 7) is 0.335. The lowest BCUT2D eigenvalue weighted by Crippen LogP contribution is -2.35. The Morgan fingerprint density at radius 2 is 2.00 bits per heavy atom. The van der Waals surface area contributed by atoms with Gasteiger partial charge in [-0.15, -0.1) is 0 Å². The molecule has 0 unspecified atom stereocenters. The molecule has 1 fully saturated rings. The third-order valence-corrected chi connectivity index (χ3v) is 3.68. The number of carbonyl (C=O) groups excluding carboxylic acids is 1. The Balaban J connectivity index is 1.78. The van der Waals surface area contributed by atoms with Crippen LogP contribution in [0.25, 0.3) is 0 Å². The number of nitriles is 1. The SMILES string of the molecule is N#Cc1cccc(NC(=O)CNC2CCCCCC2)c1. The summed E-state index contributed by atoms with van der Waals surface area (Å²) in [5.41, 5.74) is 1.23. The first-order valence-corrected chi connectivity index (χ1v) is 7.31. The highest BCUT2D eigenvalue weighted by Gasteiger charge is 2.12. The summed E-state index contributed by atoms with van der Waals surface area (Å²) in [5.74, 6) is -0.0515. The highest BCUT2D eigenvalue weighted by molar-refractivity contribution is 5.92. The van der Waals surface area contributed by atoms with Gasteiger partial charge in [0.15, 0.2) is 0 Å². The zero-order valence-corrected chi connectivity index (χ0v) is 11.7. The number of hydrogen-bond acceptors (Lipinski definition) is 3. The predicted octanol–water partition coefficient (Wildman–Crippen LogP) is 2.81. The van der Waals surface area contributed by atoms with E-state index in [0.29, 0.717) is 23.8 Å². The van der Waals surface area contributed by atoms with Crippen molar-refractivity contribution in [1.82, 2.24) is 5.32 Å². The summed E-state index contributed by atoms with van der Waals surface area (Å²) in [6, 6.07) is 9.50. The van der Waals surface area contributed by atoms with Crippen LogP contribution in [-0.2, 0) is 4.79 Å². The molecule has 2 rings (SSSR count). The quantitative estimate of drug-likeness (QED) is 0.828. The second-order valence-electron chi connectivity index (χ2n) is 5.31. The Kier molecular flexibility index (Phi) is 5.57. The fourth-order valence-electron chi connectivity index (χ4n) is 2.59. The molecule has 1 amide bonds. The molecule has 1 aromatic rings. The van der Waals surface area contributed by atoms with Gasteiger partial charge in [0, 0.05) is 11.7 Å². The molecule has 0 aromatic heterocycles. The number of amides is 1. The average Bonchev–Trinajstić information content (AvgIpc) is 2.74. The van der Waals surface area contributed by atoms with Crippen molar-refractivity contribution in [3.8, 4) is 6.07 Å². The van der Waals surface area contributed by atoms with E-state index in [4.69, 9.17) is 5.26 Å². The predicted molar refractivity (Wildman–Crippen MR) is 79.3 cm³/mol. The minimum atomic E-state index is -0.0515. The Bertz CT molecular complexity index is 485. The van der Waals surface area contributed by atoms with E-state index < -0.39 is 0 Å². The number of hydrogen-bond donors (Lipinski definition) is 2. The molecule has 106 valence electrons. The first-order chi connectivity index (χ1) is 9.78. The average molecular weight is 271 g/mol. The second kappa shape index (κ2) is 7.66. The third-order valence-electron chi connectivity index (χ3n) is 3.68. The van der Waals surface area contributed by atoms with Crippen LogP contribution < -0.4 is 10.6 Å². The number of nitrogens with zero attached hydrogens (tertiary/aromatic N) is 1. The highest BCUT2D eigenvalue weighted by atomic mass is 16.1. The molecule has 0 radical (unpaired) electrons. The summed E-state index contributed by atoms with van der Waals surface area (Å²) in [6.07, 6.45) is 7.46. The number of rotatable bonds is 4. The largest absolute Gasteiger partial charge is 0.325 e. The zero-order chi connectivity index (χ0) is 14.2. The molecular weight excluding hydrogens is 250 g/mol. The summed E-state index contributed by atoms with van der Waals surface area (Å²) < 4.78 is 0. The number of anilines is 1. The fraction of sp³-hybridized carbons (Fsp3) is 0.500. The second-order valence-corrected chi connectivity index (χ2v) is 5.31. The Hall–Kier alpha value is -1.86. The minimum Gasteiger partial charge on any atom is -0.325 e. The molecule has 0 aliphatic heterocycles. The van der Waals surface area contributed by atoms with Gasteiger partial charge in [0.25, 0.3) is 0 Å². The molecule has 20 heavy (non-hydrogen) atoms. The van der Waals surface area contributed by atoms with Crippen LogP contribution in [0, 0.1) is 11.3 Å². The fourth-order valence-corrected chi connectivity index (χ4v) is 2.59. The maximum atomic E-state index is 11.9. The van der Waals surface area contributed by atoms with Gasteiger partial charge >= 0.3 is 0 Å². The van der Waals surface area contributed by atoms with E-state index >= 15 is 0 Å². The van der Waals surface area contributed by atoms with E-state index in [1.54, 1.807) is 24.3 Å². The van der Waals surface area contributed by atoms with E-state index in [9.17, 15) is 4.79 Å². The van der Waals surface area contributed by atoms with Crippen LogP contribution in [-0.4, -0.2) is 18.5 Å². The van der Waals surface area contributed by atoms with Crippen molar-refractivity contribution in [1.29, 1.82) is 5.26 Å². The molecule has 1 saturated carbocycles. The van der Waals surface area contributed by atoms with E-state index in [-0.39, 0.29) is 5.91 Å². The maximum Gasteiger partial charge on any atom is 0.238 e. The van der Waals surface area contributed by atoms with Crippen molar-refractivity contribution < 1.29 is 4.79 Å². The van der Waals surface area contributed by atoms with Gasteiger partial charge in [-0.05, 0) is 31.0 Å². The topological polar surface area (TPSA) is 64.9 Å². The summed E-state index contributed by atoms with van der Waals surface area (Å²) in [4.78, 5) is 11.9. The first kappa shape index (κ1) is 14.5. The molecule has 0 bridgehead atoms. The zero-order valence-electron chi connectivity index (χ0n) is 11.7. The van der Waals surface area contributed by atoms with Crippen molar-refractivity contribution in [2.75, 3.05) is 11.9 Å². The lowest BCUT2D eigenvalue weighted by Gasteiger charge is -2.15. The molecule has 1 aliphatic rings. The number of carbonyl (C=O) groups is 1. The van der Waals surface area contributed by atoms with Gasteiger partial charge in [0.05, 0.1) is 18.2 Å². The number of nitrogens with one attached hydrogen (secondary N) is 2. The van der Waals surface area contributed by atoms with Crippen LogP contribution >= 0.6 is 0 Å². The maximum absolute atomic E-state index is 11.9. The van der Waals surface area contributed by atoms with Crippen LogP contribution in [0.4, 0.5) is 5.69 Å². The van der Waals surface area contributed by atoms with Gasteiger partial charge in [-0.1, -0.05) is 31.7 Å². The van der Waals surface area contributed by atoms with Crippen LogP contribution in [0.2, 0.25) is 0 Å². The normalized spacial score (nSPS) is 16.1. The standard InChI is InChI=1S/C16H21N3O/c17-11-13-6-5-9-15(10-13)19-16(20)12-18-14-7-3-1-2-4-8-14/h5-6,9-10,14,18H,1-4,7-8,12H2,(H,19,20). The van der Waals surface area contributed by atoms with Crippen molar-refractivity contribution >= 4 is 11.6 Å². The molecule has 4 heteroatoms. The van der Waals surface area contributed by atoms with Gasteiger partial charge in [0.1, 0.15) is 0 Å². The molecule has 0 heterocycles. The van der Waals surface area contributed by atoms with E-state index in [2.05, 4.69) is 16.7 Å². The summed E-state index contributed by atoms with van der Waals surface area (Å²) in [5, 5.41) is 15.0. The summed E-state index contributed by atoms with van der Waals surface area (Å²) >= 11 is 0. The molecule has 0 atom stereocenters. The van der Waals surface area contributed by atoms with Crippen LogP contribution in [0.1, 0.15) is 44.1 Å². The van der Waals surface area contributed by atoms with Crippen LogP contribution in [0.15, 0.2) is 24.3 Å². The highest BCUT2D eigenvalue weighted by Crippen LogP contribution is 2.17. The molecule has 0 spiro atoms. The minimum absolute atomic E-state index is 0.0515. The van der Waals surface area contributed by atoms with Crippen molar-refractivity contribution in [3.05, 3.63) is 29.8 Å². The number of benzene rings is 1. The van der Waals surface area contributed by atoms with E-state index in [1.807, 2.05) is 0 Å².